The maximum Gasteiger partial charge on any atom is 0.154 e. The van der Waals surface area contributed by atoms with E-state index in [4.69, 9.17) is 5.73 Å². The molecule has 0 amide bonds. The second kappa shape index (κ2) is 5.50. The third kappa shape index (κ3) is 5.38. The summed E-state index contributed by atoms with van der Waals surface area (Å²) in [7, 11) is 0. The van der Waals surface area contributed by atoms with Crippen LogP contribution in [0.15, 0.2) is 0 Å². The highest BCUT2D eigenvalue weighted by molar-refractivity contribution is 5.88. The van der Waals surface area contributed by atoms with Gasteiger partial charge in [-0.3, -0.25) is 4.79 Å². The Morgan fingerprint density at radius 3 is 2.07 bits per heavy atom. The van der Waals surface area contributed by atoms with E-state index in [1.165, 1.54) is 0 Å². The summed E-state index contributed by atoms with van der Waals surface area (Å²) < 4.78 is 0. The second-order valence-corrected chi connectivity index (χ2v) is 5.55. The Hall–Kier alpha value is -0.370. The molecule has 0 fully saturated rings. The van der Waals surface area contributed by atoms with Crippen LogP contribution in [0.2, 0.25) is 0 Å². The molecule has 2 heteroatoms. The predicted molar refractivity (Wildman–Crippen MR) is 61.1 cm³/mol. The van der Waals surface area contributed by atoms with E-state index in [0.717, 1.165) is 19.3 Å². The van der Waals surface area contributed by atoms with Gasteiger partial charge in [0.2, 0.25) is 0 Å². The van der Waals surface area contributed by atoms with Crippen molar-refractivity contribution in [2.75, 3.05) is 0 Å². The predicted octanol–water partition coefficient (Wildman–Crippen LogP) is 2.76. The van der Waals surface area contributed by atoms with Gasteiger partial charge in [-0.1, -0.05) is 47.5 Å². The number of carbonyl (C=O) groups is 1. The highest BCUT2D eigenvalue weighted by atomic mass is 16.1. The van der Waals surface area contributed by atoms with Gasteiger partial charge in [-0.05, 0) is 12.3 Å². The Labute approximate surface area is 88.3 Å². The Balaban J connectivity index is 3.86. The van der Waals surface area contributed by atoms with Gasteiger partial charge in [0, 0.05) is 5.41 Å². The minimum Gasteiger partial charge on any atom is -0.321 e. The zero-order valence-electron chi connectivity index (χ0n) is 10.3. The average molecular weight is 199 g/mol. The summed E-state index contributed by atoms with van der Waals surface area (Å²) in [5.74, 6) is 0.883. The van der Waals surface area contributed by atoms with Gasteiger partial charge in [0.15, 0.2) is 5.78 Å². The SMILES string of the molecule is CC(C)CCC[C@H](N)C(=O)C(C)(C)C. The molecular formula is C12H25NO. The molecule has 0 radical (unpaired) electrons. The molecule has 0 spiro atoms. The molecule has 14 heavy (non-hydrogen) atoms. The molecule has 0 aromatic heterocycles. The Kier molecular flexibility index (Phi) is 5.35. The van der Waals surface area contributed by atoms with Gasteiger partial charge in [0.25, 0.3) is 0 Å². The Bertz CT molecular complexity index is 179. The largest absolute Gasteiger partial charge is 0.321 e. The average Bonchev–Trinajstić information content (AvgIpc) is 2.00. The number of ketones is 1. The monoisotopic (exact) mass is 199 g/mol. The smallest absolute Gasteiger partial charge is 0.154 e. The van der Waals surface area contributed by atoms with Crippen molar-refractivity contribution in [2.24, 2.45) is 17.1 Å². The minimum absolute atomic E-state index is 0.182. The molecule has 0 rings (SSSR count). The maximum atomic E-state index is 11.7. The summed E-state index contributed by atoms with van der Waals surface area (Å²) in [5.41, 5.74) is 5.55. The van der Waals surface area contributed by atoms with Crippen molar-refractivity contribution in [3.8, 4) is 0 Å². The van der Waals surface area contributed by atoms with Crippen molar-refractivity contribution in [3.63, 3.8) is 0 Å². The third-order valence-corrected chi connectivity index (χ3v) is 2.37. The quantitative estimate of drug-likeness (QED) is 0.740. The van der Waals surface area contributed by atoms with Gasteiger partial charge in [-0.2, -0.15) is 0 Å². The minimum atomic E-state index is -0.294. The van der Waals surface area contributed by atoms with Crippen LogP contribution in [0.25, 0.3) is 0 Å². The number of Topliss-reactive ketones (excluding diaryl/α,β-unsaturated/α-hetero) is 1. The molecule has 0 aromatic carbocycles. The lowest BCUT2D eigenvalue weighted by Gasteiger charge is -2.21. The molecule has 0 bridgehead atoms. The molecule has 0 aromatic rings. The van der Waals surface area contributed by atoms with Crippen LogP contribution < -0.4 is 5.73 Å². The number of nitrogens with two attached hydrogens (primary N) is 1. The highest BCUT2D eigenvalue weighted by Crippen LogP contribution is 2.18. The van der Waals surface area contributed by atoms with Gasteiger partial charge in [-0.25, -0.2) is 0 Å². The van der Waals surface area contributed by atoms with Crippen molar-refractivity contribution in [1.82, 2.24) is 0 Å². The summed E-state index contributed by atoms with van der Waals surface area (Å²) in [6.07, 6.45) is 3.04. The Morgan fingerprint density at radius 2 is 1.71 bits per heavy atom. The lowest BCUT2D eigenvalue weighted by Crippen LogP contribution is -2.38. The third-order valence-electron chi connectivity index (χ3n) is 2.37. The Morgan fingerprint density at radius 1 is 1.21 bits per heavy atom. The fourth-order valence-electron chi connectivity index (χ4n) is 1.43. The van der Waals surface area contributed by atoms with Gasteiger partial charge in [0.05, 0.1) is 6.04 Å². The molecule has 0 aliphatic carbocycles. The van der Waals surface area contributed by atoms with E-state index >= 15 is 0 Å². The fraction of sp³-hybridized carbons (Fsp3) is 0.917. The summed E-state index contributed by atoms with van der Waals surface area (Å²) >= 11 is 0. The van der Waals surface area contributed by atoms with Gasteiger partial charge < -0.3 is 5.73 Å². The first-order chi connectivity index (χ1) is 6.25. The molecule has 0 aliphatic rings. The molecular weight excluding hydrogens is 174 g/mol. The van der Waals surface area contributed by atoms with E-state index in [9.17, 15) is 4.79 Å². The fourth-order valence-corrected chi connectivity index (χ4v) is 1.43. The van der Waals surface area contributed by atoms with Gasteiger partial charge in [0.1, 0.15) is 0 Å². The molecule has 0 heterocycles. The van der Waals surface area contributed by atoms with E-state index in [1.54, 1.807) is 0 Å². The van der Waals surface area contributed by atoms with Crippen molar-refractivity contribution in [2.45, 2.75) is 59.9 Å². The zero-order valence-corrected chi connectivity index (χ0v) is 10.3. The molecule has 0 unspecified atom stereocenters. The van der Waals surface area contributed by atoms with Gasteiger partial charge in [-0.15, -0.1) is 0 Å². The summed E-state index contributed by atoms with van der Waals surface area (Å²) in [6.45, 7) is 10.2. The topological polar surface area (TPSA) is 43.1 Å². The van der Waals surface area contributed by atoms with E-state index in [1.807, 2.05) is 20.8 Å². The molecule has 2 nitrogen and oxygen atoms in total. The van der Waals surface area contributed by atoms with Crippen LogP contribution in [0.3, 0.4) is 0 Å². The van der Waals surface area contributed by atoms with Crippen molar-refractivity contribution in [3.05, 3.63) is 0 Å². The van der Waals surface area contributed by atoms with Crippen LogP contribution in [-0.4, -0.2) is 11.8 Å². The highest BCUT2D eigenvalue weighted by Gasteiger charge is 2.26. The van der Waals surface area contributed by atoms with E-state index in [2.05, 4.69) is 13.8 Å². The first-order valence-electron chi connectivity index (χ1n) is 5.55. The molecule has 84 valence electrons. The molecule has 1 atom stereocenters. The second-order valence-electron chi connectivity index (χ2n) is 5.55. The van der Waals surface area contributed by atoms with Crippen molar-refractivity contribution in [1.29, 1.82) is 0 Å². The van der Waals surface area contributed by atoms with E-state index < -0.39 is 0 Å². The van der Waals surface area contributed by atoms with Crippen molar-refractivity contribution < 1.29 is 4.79 Å². The van der Waals surface area contributed by atoms with Gasteiger partial charge >= 0.3 is 0 Å². The lowest BCUT2D eigenvalue weighted by molar-refractivity contribution is -0.127. The summed E-state index contributed by atoms with van der Waals surface area (Å²) in [6, 6.07) is -0.270. The van der Waals surface area contributed by atoms with Crippen LogP contribution in [0, 0.1) is 11.3 Å². The molecule has 0 saturated carbocycles. The molecule has 0 saturated heterocycles. The van der Waals surface area contributed by atoms with Crippen LogP contribution in [-0.2, 0) is 4.79 Å². The van der Waals surface area contributed by atoms with Crippen LogP contribution in [0.4, 0.5) is 0 Å². The normalized spacial score (nSPS) is 14.5. The standard InChI is InChI=1S/C12H25NO/c1-9(2)7-6-8-10(13)11(14)12(3,4)5/h9-10H,6-8,13H2,1-5H3/t10-/m0/s1. The zero-order chi connectivity index (χ0) is 11.4. The first-order valence-corrected chi connectivity index (χ1v) is 5.55. The number of rotatable bonds is 5. The number of hydrogen-bond acceptors (Lipinski definition) is 2. The molecule has 0 aliphatic heterocycles. The van der Waals surface area contributed by atoms with Crippen LogP contribution in [0.1, 0.15) is 53.9 Å². The van der Waals surface area contributed by atoms with E-state index in [0.29, 0.717) is 5.92 Å². The summed E-state index contributed by atoms with van der Waals surface area (Å²) in [4.78, 5) is 11.7. The number of carbonyl (C=O) groups excluding carboxylic acids is 1. The maximum absolute atomic E-state index is 11.7. The number of hydrogen-bond donors (Lipinski definition) is 1. The van der Waals surface area contributed by atoms with E-state index in [-0.39, 0.29) is 17.2 Å². The molecule has 2 N–H and O–H groups in total. The van der Waals surface area contributed by atoms with Crippen LogP contribution in [0.5, 0.6) is 0 Å². The van der Waals surface area contributed by atoms with Crippen molar-refractivity contribution >= 4 is 5.78 Å². The lowest BCUT2D eigenvalue weighted by atomic mass is 9.85. The first kappa shape index (κ1) is 13.6. The van der Waals surface area contributed by atoms with Crippen LogP contribution >= 0.6 is 0 Å². The summed E-state index contributed by atoms with van der Waals surface area (Å²) in [5, 5.41) is 0.